The molecule has 1 heterocycles. The Kier molecular flexibility index (Phi) is 10.0. The van der Waals surface area contributed by atoms with E-state index >= 15 is 0 Å². The van der Waals surface area contributed by atoms with Gasteiger partial charge in [0.1, 0.15) is 11.5 Å². The normalized spacial score (nSPS) is 17.8. The highest BCUT2D eigenvalue weighted by Gasteiger charge is 2.24. The summed E-state index contributed by atoms with van der Waals surface area (Å²) in [5.74, 6) is 1.64. The van der Waals surface area contributed by atoms with Crippen molar-refractivity contribution in [3.05, 3.63) is 54.1 Å². The molecule has 1 aliphatic carbocycles. The summed E-state index contributed by atoms with van der Waals surface area (Å²) in [6, 6.07) is 15.3. The van der Waals surface area contributed by atoms with Crippen LogP contribution in [0.1, 0.15) is 50.5 Å². The highest BCUT2D eigenvalue weighted by Crippen LogP contribution is 2.30. The molecule has 0 aromatic heterocycles. The van der Waals surface area contributed by atoms with E-state index in [-0.39, 0.29) is 24.2 Å². The molecule has 0 radical (unpaired) electrons. The van der Waals surface area contributed by atoms with Gasteiger partial charge in [-0.05, 0) is 86.7 Å². The number of sulfonamides is 1. The number of nitrogens with two attached hydrogens (primary N) is 1. The maximum absolute atomic E-state index is 12.5. The van der Waals surface area contributed by atoms with Gasteiger partial charge in [-0.2, -0.15) is 0 Å². The van der Waals surface area contributed by atoms with Crippen molar-refractivity contribution >= 4 is 34.0 Å². The van der Waals surface area contributed by atoms with E-state index in [1.165, 1.54) is 35.4 Å². The number of benzene rings is 2. The smallest absolute Gasteiger partial charge is 0.232 e. The number of ether oxygens (including phenoxy) is 1. The van der Waals surface area contributed by atoms with E-state index < -0.39 is 10.0 Å². The third kappa shape index (κ3) is 7.85. The molecule has 1 amide bonds. The number of nitrogens with zero attached hydrogens (tertiary/aromatic N) is 2. The molecule has 2 aliphatic rings. The molecule has 1 saturated heterocycles. The third-order valence-corrected chi connectivity index (χ3v) is 8.39. The summed E-state index contributed by atoms with van der Waals surface area (Å²) in [6.07, 6.45) is 8.72. The van der Waals surface area contributed by atoms with Crippen LogP contribution in [-0.4, -0.2) is 45.1 Å². The zero-order valence-corrected chi connectivity index (χ0v) is 22.6. The number of carbonyl (C=O) groups excluding carboxylic acids is 1. The summed E-state index contributed by atoms with van der Waals surface area (Å²) in [5.41, 5.74) is 7.30. The summed E-state index contributed by atoms with van der Waals surface area (Å²) in [7, 11) is -3.35. The van der Waals surface area contributed by atoms with Gasteiger partial charge in [0.15, 0.2) is 0 Å². The van der Waals surface area contributed by atoms with Crippen LogP contribution in [-0.2, 0) is 21.4 Å². The van der Waals surface area contributed by atoms with Gasteiger partial charge in [0.2, 0.25) is 15.9 Å². The Balaban J connectivity index is 0.00000361. The molecule has 2 fully saturated rings. The van der Waals surface area contributed by atoms with Crippen molar-refractivity contribution in [2.24, 2.45) is 17.6 Å². The summed E-state index contributed by atoms with van der Waals surface area (Å²) in [5, 5.41) is 0. The number of carbonyl (C=O) groups is 1. The van der Waals surface area contributed by atoms with Gasteiger partial charge in [-0.3, -0.25) is 14.0 Å². The average molecular weight is 536 g/mol. The Hall–Kier alpha value is -2.29. The minimum Gasteiger partial charge on any atom is -0.457 e. The fraction of sp³-hybridized carbons (Fsp3) is 0.519. The van der Waals surface area contributed by atoms with Gasteiger partial charge in [0.05, 0.1) is 11.9 Å². The van der Waals surface area contributed by atoms with Gasteiger partial charge in [0.25, 0.3) is 0 Å². The predicted molar refractivity (Wildman–Crippen MR) is 146 cm³/mol. The topological polar surface area (TPSA) is 92.9 Å². The lowest BCUT2D eigenvalue weighted by Crippen LogP contribution is -2.38. The van der Waals surface area contributed by atoms with E-state index in [1.807, 2.05) is 36.4 Å². The number of rotatable bonds is 9. The number of hydrogen-bond acceptors (Lipinski definition) is 5. The molecule has 1 saturated carbocycles. The van der Waals surface area contributed by atoms with E-state index in [0.717, 1.165) is 51.1 Å². The van der Waals surface area contributed by atoms with Crippen LogP contribution >= 0.6 is 12.4 Å². The van der Waals surface area contributed by atoms with Crippen molar-refractivity contribution in [3.63, 3.8) is 0 Å². The second-order valence-corrected chi connectivity index (χ2v) is 11.9. The number of likely N-dealkylation sites (tertiary alicyclic amines) is 1. The molecule has 7 nitrogen and oxygen atoms in total. The summed E-state index contributed by atoms with van der Waals surface area (Å²) >= 11 is 0. The zero-order chi connectivity index (χ0) is 24.8. The van der Waals surface area contributed by atoms with Crippen molar-refractivity contribution in [1.29, 1.82) is 0 Å². The maximum Gasteiger partial charge on any atom is 0.232 e. The molecule has 0 spiro atoms. The molecule has 2 aromatic rings. The van der Waals surface area contributed by atoms with Crippen LogP contribution in [0.4, 0.5) is 5.69 Å². The Bertz CT molecular complexity index is 1080. The van der Waals surface area contributed by atoms with Gasteiger partial charge in [-0.25, -0.2) is 8.42 Å². The first-order valence-corrected chi connectivity index (χ1v) is 14.5. The molecule has 36 heavy (non-hydrogen) atoms. The second kappa shape index (κ2) is 12.8. The van der Waals surface area contributed by atoms with E-state index in [0.29, 0.717) is 23.9 Å². The van der Waals surface area contributed by atoms with Crippen LogP contribution in [0.5, 0.6) is 11.5 Å². The molecule has 2 aromatic carbocycles. The van der Waals surface area contributed by atoms with Gasteiger partial charge in [0, 0.05) is 19.0 Å². The average Bonchev–Trinajstić information content (AvgIpc) is 2.85. The fourth-order valence-electron chi connectivity index (χ4n) is 5.15. The van der Waals surface area contributed by atoms with Crippen molar-refractivity contribution in [2.75, 3.05) is 30.2 Å². The van der Waals surface area contributed by atoms with Crippen molar-refractivity contribution < 1.29 is 17.9 Å². The molecule has 1 aliphatic heterocycles. The molecule has 0 bridgehead atoms. The standard InChI is InChI=1S/C27H37N3O4S.ClH/c1-35(32,33)30(20-21-5-3-2-4-6-21)24-9-13-26(14-10-24)34-25-11-7-22(8-12-25)19-29-17-15-23(16-18-29)27(28)31;/h7-14,21,23H,2-6,15-20H2,1H3,(H2,28,31);1H. The summed E-state index contributed by atoms with van der Waals surface area (Å²) in [6.45, 7) is 3.14. The lowest BCUT2D eigenvalue weighted by Gasteiger charge is -2.30. The lowest BCUT2D eigenvalue weighted by atomic mass is 9.89. The number of hydrogen-bond donors (Lipinski definition) is 1. The SMILES string of the molecule is CS(=O)(=O)N(CC1CCCCC1)c1ccc(Oc2ccc(CN3CCC(C(N)=O)CC3)cc2)cc1.Cl. The van der Waals surface area contributed by atoms with Crippen LogP contribution in [0.2, 0.25) is 0 Å². The second-order valence-electron chi connectivity index (χ2n) is 9.99. The highest BCUT2D eigenvalue weighted by atomic mass is 35.5. The number of piperidine rings is 1. The Morgan fingerprint density at radius 2 is 1.50 bits per heavy atom. The quantitative estimate of drug-likeness (QED) is 0.490. The molecule has 4 rings (SSSR count). The molecule has 0 unspecified atom stereocenters. The van der Waals surface area contributed by atoms with Gasteiger partial charge in [-0.1, -0.05) is 31.4 Å². The van der Waals surface area contributed by atoms with Crippen molar-refractivity contribution in [3.8, 4) is 11.5 Å². The molecular formula is C27H38ClN3O4S. The summed E-state index contributed by atoms with van der Waals surface area (Å²) < 4.78 is 32.5. The van der Waals surface area contributed by atoms with E-state index in [2.05, 4.69) is 17.0 Å². The molecular weight excluding hydrogens is 498 g/mol. The summed E-state index contributed by atoms with van der Waals surface area (Å²) in [4.78, 5) is 13.7. The molecule has 9 heteroatoms. The van der Waals surface area contributed by atoms with Gasteiger partial charge < -0.3 is 10.5 Å². The van der Waals surface area contributed by atoms with Crippen LogP contribution in [0.25, 0.3) is 0 Å². The Morgan fingerprint density at radius 3 is 2.03 bits per heavy atom. The zero-order valence-electron chi connectivity index (χ0n) is 21.0. The molecule has 0 atom stereocenters. The lowest BCUT2D eigenvalue weighted by molar-refractivity contribution is -0.123. The first kappa shape index (κ1) is 28.3. The van der Waals surface area contributed by atoms with Crippen LogP contribution in [0.3, 0.4) is 0 Å². The molecule has 198 valence electrons. The molecule has 2 N–H and O–H groups in total. The van der Waals surface area contributed by atoms with Crippen LogP contribution in [0, 0.1) is 11.8 Å². The minimum absolute atomic E-state index is 0. The third-order valence-electron chi connectivity index (χ3n) is 7.23. The van der Waals surface area contributed by atoms with Gasteiger partial charge >= 0.3 is 0 Å². The van der Waals surface area contributed by atoms with E-state index in [1.54, 1.807) is 0 Å². The predicted octanol–water partition coefficient (Wildman–Crippen LogP) is 4.94. The Labute approximate surface area is 221 Å². The first-order chi connectivity index (χ1) is 16.8. The van der Waals surface area contributed by atoms with Crippen molar-refractivity contribution in [1.82, 2.24) is 4.90 Å². The maximum atomic E-state index is 12.5. The van der Waals surface area contributed by atoms with Crippen LogP contribution < -0.4 is 14.8 Å². The number of primary amides is 1. The fourth-order valence-corrected chi connectivity index (χ4v) is 6.14. The van der Waals surface area contributed by atoms with E-state index in [9.17, 15) is 13.2 Å². The highest BCUT2D eigenvalue weighted by molar-refractivity contribution is 7.92. The van der Waals surface area contributed by atoms with Gasteiger partial charge in [-0.15, -0.1) is 12.4 Å². The number of anilines is 1. The van der Waals surface area contributed by atoms with Crippen LogP contribution in [0.15, 0.2) is 48.5 Å². The minimum atomic E-state index is -3.35. The van der Waals surface area contributed by atoms with Crippen molar-refractivity contribution in [2.45, 2.75) is 51.5 Å². The monoisotopic (exact) mass is 535 g/mol. The van der Waals surface area contributed by atoms with E-state index in [4.69, 9.17) is 10.5 Å². The number of halogens is 1. The number of amides is 1. The largest absolute Gasteiger partial charge is 0.457 e. The Morgan fingerprint density at radius 1 is 0.944 bits per heavy atom. The first-order valence-electron chi connectivity index (χ1n) is 12.6.